The van der Waals surface area contributed by atoms with Crippen LogP contribution in [0.5, 0.6) is 0 Å². The van der Waals surface area contributed by atoms with Crippen molar-refractivity contribution in [2.24, 2.45) is 0 Å². The Morgan fingerprint density at radius 3 is 2.96 bits per heavy atom. The van der Waals surface area contributed by atoms with Crippen LogP contribution >= 0.6 is 0 Å². The lowest BCUT2D eigenvalue weighted by molar-refractivity contribution is -0.155. The summed E-state index contributed by atoms with van der Waals surface area (Å²) in [7, 11) is 0. The van der Waals surface area contributed by atoms with Gasteiger partial charge in [0.2, 0.25) is 5.43 Å². The fourth-order valence-corrected chi connectivity index (χ4v) is 2.89. The molecule has 2 aromatic rings. The zero-order chi connectivity index (χ0) is 18.5. The average Bonchev–Trinajstić information content (AvgIpc) is 2.66. The Morgan fingerprint density at radius 1 is 1.35 bits per heavy atom. The minimum Gasteiger partial charge on any atom is -0.456 e. The molecule has 0 radical (unpaired) electrons. The molecule has 26 heavy (non-hydrogen) atoms. The Labute approximate surface area is 150 Å². The molecule has 0 N–H and O–H groups in total. The summed E-state index contributed by atoms with van der Waals surface area (Å²) in [5, 5.41) is 4.61. The van der Waals surface area contributed by atoms with Gasteiger partial charge in [-0.05, 0) is 19.1 Å². The topological polar surface area (TPSA) is 90.7 Å². The Hall–Kier alpha value is -2.74. The zero-order valence-corrected chi connectivity index (χ0v) is 14.6. The van der Waals surface area contributed by atoms with E-state index in [1.807, 2.05) is 6.92 Å². The van der Waals surface area contributed by atoms with Gasteiger partial charge >= 0.3 is 5.97 Å². The number of fused-ring (bicyclic) bond motifs is 1. The van der Waals surface area contributed by atoms with Crippen molar-refractivity contribution in [1.29, 1.82) is 0 Å². The number of aromatic nitrogens is 2. The number of hydrogen-bond donors (Lipinski definition) is 0. The summed E-state index contributed by atoms with van der Waals surface area (Å²) in [4.78, 5) is 37.5. The molecule has 138 valence electrons. The third kappa shape index (κ3) is 4.26. The van der Waals surface area contributed by atoms with E-state index in [1.54, 1.807) is 33.8 Å². The molecule has 8 nitrogen and oxygen atoms in total. The highest BCUT2D eigenvalue weighted by molar-refractivity contribution is 5.81. The van der Waals surface area contributed by atoms with Gasteiger partial charge in [0.05, 0.1) is 37.4 Å². The van der Waals surface area contributed by atoms with Crippen molar-refractivity contribution in [2.75, 3.05) is 26.3 Å². The highest BCUT2D eigenvalue weighted by Gasteiger charge is 2.22. The zero-order valence-electron chi connectivity index (χ0n) is 14.6. The lowest BCUT2D eigenvalue weighted by Gasteiger charge is -2.30. The van der Waals surface area contributed by atoms with E-state index in [4.69, 9.17) is 9.47 Å². The first-order valence-corrected chi connectivity index (χ1v) is 8.54. The number of esters is 1. The van der Waals surface area contributed by atoms with Crippen molar-refractivity contribution < 1.29 is 19.1 Å². The van der Waals surface area contributed by atoms with Crippen LogP contribution in [0.25, 0.3) is 10.9 Å². The molecule has 0 saturated carbocycles. The number of carbonyl (C=O) groups is 2. The van der Waals surface area contributed by atoms with E-state index in [2.05, 4.69) is 5.10 Å². The summed E-state index contributed by atoms with van der Waals surface area (Å²) in [5.74, 6) is -0.704. The second-order valence-electron chi connectivity index (χ2n) is 6.18. The summed E-state index contributed by atoms with van der Waals surface area (Å²) in [6.45, 7) is 3.39. The van der Waals surface area contributed by atoms with Crippen molar-refractivity contribution >= 4 is 22.8 Å². The minimum atomic E-state index is -0.482. The molecule has 1 aliphatic rings. The normalized spacial score (nSPS) is 17.3. The Morgan fingerprint density at radius 2 is 2.15 bits per heavy atom. The van der Waals surface area contributed by atoms with Gasteiger partial charge in [0.25, 0.3) is 5.91 Å². The molecule has 1 aliphatic heterocycles. The number of morpholine rings is 1. The molecule has 1 aromatic heterocycles. The first-order chi connectivity index (χ1) is 12.5. The number of nitrogens with zero attached hydrogens (tertiary/aromatic N) is 3. The minimum absolute atomic E-state index is 0.0110. The largest absolute Gasteiger partial charge is 0.456 e. The fraction of sp³-hybridized carbons (Fsp3) is 0.444. The summed E-state index contributed by atoms with van der Waals surface area (Å²) >= 11 is 0. The predicted molar refractivity (Wildman–Crippen MR) is 93.6 cm³/mol. The highest BCUT2D eigenvalue weighted by atomic mass is 16.5. The van der Waals surface area contributed by atoms with Crippen LogP contribution in [0.4, 0.5) is 0 Å². The number of ether oxygens (including phenoxy) is 2. The third-order valence-electron chi connectivity index (χ3n) is 4.24. The summed E-state index contributed by atoms with van der Waals surface area (Å²) in [5.41, 5.74) is 0.496. The first kappa shape index (κ1) is 18.1. The lowest BCUT2D eigenvalue weighted by atomic mass is 10.2. The maximum Gasteiger partial charge on any atom is 0.308 e. The Balaban J connectivity index is 1.52. The van der Waals surface area contributed by atoms with Gasteiger partial charge in [-0.3, -0.25) is 19.1 Å². The van der Waals surface area contributed by atoms with Crippen LogP contribution in [-0.4, -0.2) is 59.0 Å². The first-order valence-electron chi connectivity index (χ1n) is 8.54. The van der Waals surface area contributed by atoms with Crippen LogP contribution < -0.4 is 5.43 Å². The number of para-hydroxylation sites is 1. The van der Waals surface area contributed by atoms with Gasteiger partial charge in [0, 0.05) is 18.5 Å². The average molecular weight is 359 g/mol. The number of aryl methyl sites for hydroxylation is 1. The molecule has 3 rings (SSSR count). The van der Waals surface area contributed by atoms with Gasteiger partial charge in [-0.2, -0.15) is 5.10 Å². The second-order valence-corrected chi connectivity index (χ2v) is 6.18. The van der Waals surface area contributed by atoms with Crippen LogP contribution in [-0.2, 0) is 25.6 Å². The fourth-order valence-electron chi connectivity index (χ4n) is 2.89. The van der Waals surface area contributed by atoms with Gasteiger partial charge in [-0.25, -0.2) is 0 Å². The summed E-state index contributed by atoms with van der Waals surface area (Å²) in [6, 6.07) is 7.08. The maximum atomic E-state index is 12.1. The van der Waals surface area contributed by atoms with Crippen molar-refractivity contribution in [2.45, 2.75) is 26.0 Å². The number of amides is 1. The van der Waals surface area contributed by atoms with Gasteiger partial charge in [-0.15, -0.1) is 0 Å². The number of benzene rings is 1. The molecule has 0 bridgehead atoms. The number of carbonyl (C=O) groups excluding carboxylic acids is 2. The van der Waals surface area contributed by atoms with Crippen molar-refractivity contribution in [3.63, 3.8) is 0 Å². The number of rotatable bonds is 5. The van der Waals surface area contributed by atoms with E-state index in [-0.39, 0.29) is 37.0 Å². The van der Waals surface area contributed by atoms with Crippen molar-refractivity contribution in [3.05, 3.63) is 40.7 Å². The maximum absolute atomic E-state index is 12.1. The molecule has 0 aliphatic carbocycles. The standard InChI is InChI=1S/C18H21N3O5/c1-13-11-20(8-9-25-13)17(23)12-26-18(24)6-7-21-15-5-3-2-4-14(15)16(22)10-19-21/h2-5,10,13H,6-9,11-12H2,1H3. The van der Waals surface area contributed by atoms with Gasteiger partial charge in [0.15, 0.2) is 6.61 Å². The summed E-state index contributed by atoms with van der Waals surface area (Å²) < 4.78 is 12.0. The molecule has 1 atom stereocenters. The van der Waals surface area contributed by atoms with Gasteiger partial charge < -0.3 is 14.4 Å². The third-order valence-corrected chi connectivity index (χ3v) is 4.24. The van der Waals surface area contributed by atoms with E-state index < -0.39 is 5.97 Å². The van der Waals surface area contributed by atoms with Crippen LogP contribution in [0.3, 0.4) is 0 Å². The molecular weight excluding hydrogens is 338 g/mol. The molecule has 0 spiro atoms. The monoisotopic (exact) mass is 359 g/mol. The van der Waals surface area contributed by atoms with E-state index >= 15 is 0 Å². The smallest absolute Gasteiger partial charge is 0.308 e. The van der Waals surface area contributed by atoms with Gasteiger partial charge in [-0.1, -0.05) is 12.1 Å². The van der Waals surface area contributed by atoms with E-state index in [1.165, 1.54) is 6.20 Å². The van der Waals surface area contributed by atoms with Crippen LogP contribution in [0.1, 0.15) is 13.3 Å². The molecule has 2 heterocycles. The molecule has 1 aromatic carbocycles. The van der Waals surface area contributed by atoms with Crippen LogP contribution in [0, 0.1) is 0 Å². The summed E-state index contributed by atoms with van der Waals surface area (Å²) in [6.07, 6.45) is 1.28. The van der Waals surface area contributed by atoms with E-state index in [9.17, 15) is 14.4 Å². The molecular formula is C18H21N3O5. The quantitative estimate of drug-likeness (QED) is 0.725. The van der Waals surface area contributed by atoms with Crippen molar-refractivity contribution in [3.8, 4) is 0 Å². The predicted octanol–water partition coefficient (Wildman–Crippen LogP) is 0.577. The molecule has 1 fully saturated rings. The van der Waals surface area contributed by atoms with Crippen LogP contribution in [0.15, 0.2) is 35.3 Å². The molecule has 1 saturated heterocycles. The Bertz CT molecular complexity index is 863. The van der Waals surface area contributed by atoms with E-state index in [0.717, 1.165) is 0 Å². The molecule has 8 heteroatoms. The molecule has 1 unspecified atom stereocenters. The van der Waals surface area contributed by atoms with Crippen molar-refractivity contribution in [1.82, 2.24) is 14.7 Å². The SMILES string of the molecule is CC1CN(C(=O)COC(=O)CCn2ncc(=O)c3ccccc32)CCO1. The highest BCUT2D eigenvalue weighted by Crippen LogP contribution is 2.09. The van der Waals surface area contributed by atoms with Crippen LogP contribution in [0.2, 0.25) is 0 Å². The number of hydrogen-bond acceptors (Lipinski definition) is 6. The molecule has 1 amide bonds. The van der Waals surface area contributed by atoms with E-state index in [0.29, 0.717) is 30.6 Å². The Kier molecular flexibility index (Phi) is 5.62. The van der Waals surface area contributed by atoms with Gasteiger partial charge in [0.1, 0.15) is 0 Å². The lowest BCUT2D eigenvalue weighted by Crippen LogP contribution is -2.46. The second kappa shape index (κ2) is 8.09.